The fourth-order valence-corrected chi connectivity index (χ4v) is 12.5. The van der Waals surface area contributed by atoms with Crippen molar-refractivity contribution in [2.24, 2.45) is 17.8 Å². The third-order valence-corrected chi connectivity index (χ3v) is 17.4. The smallest absolute Gasteiger partial charge is 0.319 e. The Kier molecular flexibility index (Phi) is 22.4. The predicted octanol–water partition coefficient (Wildman–Crippen LogP) is 20.3. The molecule has 10 rings (SSSR count). The molecule has 10 aromatic carbocycles. The van der Waals surface area contributed by atoms with Gasteiger partial charge in [0.15, 0.2) is 0 Å². The Hall–Kier alpha value is -9.81. The maximum Gasteiger partial charge on any atom is 0.319 e. The van der Waals surface area contributed by atoms with Gasteiger partial charge in [-0.05, 0) is 196 Å². The van der Waals surface area contributed by atoms with Gasteiger partial charge in [-0.1, -0.05) is 187 Å². The molecule has 6 N–H and O–H groups in total. The van der Waals surface area contributed by atoms with E-state index in [1.807, 2.05) is 148 Å². The first-order valence-electron chi connectivity index (χ1n) is 33.0. The summed E-state index contributed by atoms with van der Waals surface area (Å²) >= 11 is 0. The lowest BCUT2D eigenvalue weighted by Gasteiger charge is -2.29. The Morgan fingerprint density at radius 2 is 0.570 bits per heavy atom. The third kappa shape index (κ3) is 17.6. The van der Waals surface area contributed by atoms with Gasteiger partial charge >= 0.3 is 18.1 Å². The van der Waals surface area contributed by atoms with Gasteiger partial charge in [0.25, 0.3) is 0 Å². The van der Waals surface area contributed by atoms with E-state index in [0.29, 0.717) is 52.1 Å². The Morgan fingerprint density at radius 1 is 0.312 bits per heavy atom. The molecule has 0 aliphatic carbocycles. The first kappa shape index (κ1) is 66.1. The number of rotatable bonds is 27. The fourth-order valence-electron chi connectivity index (χ4n) is 12.5. The summed E-state index contributed by atoms with van der Waals surface area (Å²) in [6.07, 6.45) is 5.11. The van der Waals surface area contributed by atoms with Crippen LogP contribution in [0.2, 0.25) is 0 Å². The molecule has 0 heterocycles. The number of hydrogen-bond acceptors (Lipinski definition) is 6. The van der Waals surface area contributed by atoms with Crippen LogP contribution in [0.1, 0.15) is 150 Å². The highest BCUT2D eigenvalue weighted by atomic mass is 16.5. The van der Waals surface area contributed by atoms with Gasteiger partial charge in [-0.3, -0.25) is 0 Å². The average molecular weight is 1240 g/mol. The van der Waals surface area contributed by atoms with E-state index >= 15 is 0 Å². The number of ether oxygens (including phenoxy) is 3. The molecule has 93 heavy (non-hydrogen) atoms. The van der Waals surface area contributed by atoms with Crippen LogP contribution in [0.4, 0.5) is 31.4 Å². The number of benzene rings is 10. The van der Waals surface area contributed by atoms with Crippen molar-refractivity contribution in [2.45, 2.75) is 139 Å². The minimum atomic E-state index is -0.321. The summed E-state index contributed by atoms with van der Waals surface area (Å²) in [7, 11) is 0. The molecule has 0 aliphatic heterocycles. The van der Waals surface area contributed by atoms with Crippen molar-refractivity contribution in [3.63, 3.8) is 0 Å². The minimum absolute atomic E-state index is 0.247. The van der Waals surface area contributed by atoms with E-state index < -0.39 is 0 Å². The second-order valence-corrected chi connectivity index (χ2v) is 25.8. The van der Waals surface area contributed by atoms with Crippen molar-refractivity contribution in [1.82, 2.24) is 16.0 Å². The quantitative estimate of drug-likeness (QED) is 0.0302. The zero-order valence-electron chi connectivity index (χ0n) is 55.3. The van der Waals surface area contributed by atoms with Crippen LogP contribution in [-0.2, 0) is 39.1 Å². The monoisotopic (exact) mass is 1240 g/mol. The average Bonchev–Trinajstić information content (AvgIpc) is 0.790. The number of carbonyl (C=O) groups excluding carboxylic acids is 3. The van der Waals surface area contributed by atoms with Gasteiger partial charge in [0.05, 0.1) is 18.1 Å². The Balaban J connectivity index is 0.970. The van der Waals surface area contributed by atoms with Gasteiger partial charge in [0.2, 0.25) is 0 Å². The molecule has 6 amide bonds. The van der Waals surface area contributed by atoms with Gasteiger partial charge < -0.3 is 46.1 Å². The normalized spacial score (nSPS) is 12.4. The van der Waals surface area contributed by atoms with Gasteiger partial charge in [0, 0.05) is 35.3 Å². The van der Waals surface area contributed by atoms with E-state index in [4.69, 9.17) is 14.2 Å². The van der Waals surface area contributed by atoms with Gasteiger partial charge in [-0.2, -0.15) is 0 Å². The molecule has 12 heteroatoms. The molecular weight excluding hydrogens is 1150 g/mol. The van der Waals surface area contributed by atoms with Crippen LogP contribution < -0.4 is 46.1 Å². The highest BCUT2D eigenvalue weighted by Crippen LogP contribution is 2.38. The summed E-state index contributed by atoms with van der Waals surface area (Å²) in [5.74, 6) is 3.02. The molecule has 0 saturated heterocycles. The van der Waals surface area contributed by atoms with Crippen LogP contribution >= 0.6 is 0 Å². The number of urea groups is 3. The second-order valence-electron chi connectivity index (χ2n) is 25.8. The summed E-state index contributed by atoms with van der Waals surface area (Å²) in [6.45, 7) is 20.3. The lowest BCUT2D eigenvalue weighted by atomic mass is 9.80. The van der Waals surface area contributed by atoms with Crippen molar-refractivity contribution in [2.75, 3.05) is 16.0 Å². The first-order valence-corrected chi connectivity index (χ1v) is 33.0. The second kappa shape index (κ2) is 31.5. The standard InChI is InChI=1S/C81H90N6O6/c1-52(2)40-43-73-76(49-91-64-31-19-28-61(46-64)85-79(88)82-55(7)67-37-16-25-58-22-10-13-34-70(58)67)74(44-41-53(3)4)78(51-93-66-33-21-30-63(48-66)87-81(90)84-57(9)69-39-18-27-60-24-12-15-36-72(60)69)75(45-42-54(5)6)77(73)50-92-65-32-20-29-62(47-65)86-80(89)83-56(8)68-38-17-26-59-23-11-14-35-71(59)68/h10-39,46-48,52-57H,40-45,49-51H2,1-9H3,(H2,82,85,88)(H2,83,86,89)(H2,84,87,90)/t55-,56-,57-/m0/s1. The number of amides is 6. The van der Waals surface area contributed by atoms with E-state index in [-0.39, 0.29) is 56.0 Å². The van der Waals surface area contributed by atoms with Crippen LogP contribution in [0.5, 0.6) is 17.2 Å². The van der Waals surface area contributed by atoms with Crippen LogP contribution in [-0.4, -0.2) is 18.1 Å². The number of nitrogens with one attached hydrogen (secondary N) is 6. The summed E-state index contributed by atoms with van der Waals surface area (Å²) in [5.41, 5.74) is 11.8. The molecule has 0 unspecified atom stereocenters. The molecule has 0 radical (unpaired) electrons. The van der Waals surface area contributed by atoms with E-state index in [0.717, 1.165) is 104 Å². The summed E-state index contributed by atoms with van der Waals surface area (Å²) < 4.78 is 21.0. The fraction of sp³-hybridized carbons (Fsp3) is 0.296. The lowest BCUT2D eigenvalue weighted by molar-refractivity contribution is 0.248. The van der Waals surface area contributed by atoms with Crippen molar-refractivity contribution in [3.05, 3.63) is 250 Å². The lowest BCUT2D eigenvalue weighted by Crippen LogP contribution is -2.31. The zero-order valence-corrected chi connectivity index (χ0v) is 55.3. The molecule has 0 spiro atoms. The van der Waals surface area contributed by atoms with Gasteiger partial charge in [0.1, 0.15) is 37.1 Å². The van der Waals surface area contributed by atoms with Crippen molar-refractivity contribution < 1.29 is 28.6 Å². The van der Waals surface area contributed by atoms with Crippen LogP contribution in [0, 0.1) is 17.8 Å². The maximum atomic E-state index is 13.7. The topological polar surface area (TPSA) is 151 Å². The summed E-state index contributed by atoms with van der Waals surface area (Å²) in [6, 6.07) is 64.2. The summed E-state index contributed by atoms with van der Waals surface area (Å²) in [4.78, 5) is 41.2. The number of anilines is 3. The van der Waals surface area contributed by atoms with Gasteiger partial charge in [-0.25, -0.2) is 14.4 Å². The van der Waals surface area contributed by atoms with Crippen LogP contribution in [0.15, 0.2) is 200 Å². The van der Waals surface area contributed by atoms with E-state index in [9.17, 15) is 14.4 Å². The van der Waals surface area contributed by atoms with E-state index in [1.165, 1.54) is 16.7 Å². The molecule has 3 atom stereocenters. The Labute approximate surface area is 549 Å². The van der Waals surface area contributed by atoms with Crippen molar-refractivity contribution in [3.8, 4) is 17.2 Å². The summed E-state index contributed by atoms with van der Waals surface area (Å²) in [5, 5.41) is 25.4. The van der Waals surface area contributed by atoms with Crippen molar-refractivity contribution in [1.29, 1.82) is 0 Å². The first-order chi connectivity index (χ1) is 45.0. The molecule has 0 saturated carbocycles. The highest BCUT2D eigenvalue weighted by molar-refractivity contribution is 5.93. The third-order valence-electron chi connectivity index (χ3n) is 17.4. The van der Waals surface area contributed by atoms with Gasteiger partial charge in [-0.15, -0.1) is 0 Å². The molecule has 0 aromatic heterocycles. The van der Waals surface area contributed by atoms with E-state index in [2.05, 4.69) is 146 Å². The molecule has 10 aromatic rings. The largest absolute Gasteiger partial charge is 0.489 e. The maximum absolute atomic E-state index is 13.7. The Morgan fingerprint density at radius 3 is 0.849 bits per heavy atom. The number of hydrogen-bond donors (Lipinski definition) is 6. The minimum Gasteiger partial charge on any atom is -0.489 e. The highest BCUT2D eigenvalue weighted by Gasteiger charge is 2.27. The van der Waals surface area contributed by atoms with Crippen LogP contribution in [0.3, 0.4) is 0 Å². The zero-order chi connectivity index (χ0) is 65.4. The molecule has 0 aliphatic rings. The molecule has 12 nitrogen and oxygen atoms in total. The Bertz CT molecular complexity index is 3750. The molecule has 0 fully saturated rings. The SMILES string of the molecule is CC(C)CCc1c(COc2cccc(NC(=O)N[C@@H](C)c3cccc4ccccc34)c2)c(CCC(C)C)c(COc2cccc(NC(=O)N[C@@H](C)c3cccc4ccccc34)c2)c(CCC(C)C)c1COc1cccc(NC(=O)N[C@@H](C)c2cccc3ccccc23)c1. The molecular formula is C81H90N6O6. The number of fused-ring (bicyclic) bond motifs is 3. The molecule has 0 bridgehead atoms. The van der Waals surface area contributed by atoms with E-state index in [1.54, 1.807) is 0 Å². The van der Waals surface area contributed by atoms with Crippen LogP contribution in [0.25, 0.3) is 32.3 Å². The number of carbonyl (C=O) groups is 3. The predicted molar refractivity (Wildman–Crippen MR) is 382 cm³/mol. The van der Waals surface area contributed by atoms with Crippen molar-refractivity contribution >= 4 is 67.5 Å². The molecule has 480 valence electrons.